The molecule has 0 unspecified atom stereocenters. The Bertz CT molecular complexity index is 646. The standard InChI is InChI=1S/C17H25N5O2/c1-11(2)21(12(3)4)9-10-22-14-8-6-5-7-13(14)15(16(22)23)19-20-17(18)24/h5-8,11-12H,9-10H2,1-4H3,(H3,18,20,24). The van der Waals surface area contributed by atoms with Crippen LogP contribution in [0.15, 0.2) is 29.4 Å². The second-order valence-electron chi connectivity index (χ2n) is 6.34. The second-order valence-corrected chi connectivity index (χ2v) is 6.34. The van der Waals surface area contributed by atoms with Crippen molar-refractivity contribution in [2.75, 3.05) is 18.0 Å². The summed E-state index contributed by atoms with van der Waals surface area (Å²) in [5.41, 5.74) is 8.92. The van der Waals surface area contributed by atoms with Crippen molar-refractivity contribution in [3.63, 3.8) is 0 Å². The highest BCUT2D eigenvalue weighted by Gasteiger charge is 2.34. The molecule has 1 aliphatic rings. The fraction of sp³-hybridized carbons (Fsp3) is 0.471. The Balaban J connectivity index is 2.24. The van der Waals surface area contributed by atoms with Crippen molar-refractivity contribution < 1.29 is 9.59 Å². The molecule has 24 heavy (non-hydrogen) atoms. The Morgan fingerprint density at radius 2 is 1.88 bits per heavy atom. The van der Waals surface area contributed by atoms with Gasteiger partial charge in [-0.25, -0.2) is 10.2 Å². The van der Waals surface area contributed by atoms with Gasteiger partial charge in [0.2, 0.25) is 0 Å². The number of hydrogen-bond donors (Lipinski definition) is 2. The first-order chi connectivity index (χ1) is 11.3. The quantitative estimate of drug-likeness (QED) is 0.774. The van der Waals surface area contributed by atoms with Crippen LogP contribution in [0.1, 0.15) is 33.3 Å². The number of para-hydroxylation sites is 1. The van der Waals surface area contributed by atoms with Gasteiger partial charge in [-0.2, -0.15) is 5.10 Å². The maximum atomic E-state index is 12.7. The van der Waals surface area contributed by atoms with Gasteiger partial charge in [0.05, 0.1) is 5.69 Å². The number of urea groups is 1. The summed E-state index contributed by atoms with van der Waals surface area (Å²) in [4.78, 5) is 27.6. The molecule has 1 aromatic carbocycles. The molecule has 2 rings (SSSR count). The number of rotatable bonds is 6. The van der Waals surface area contributed by atoms with Crippen molar-refractivity contribution in [2.24, 2.45) is 10.8 Å². The van der Waals surface area contributed by atoms with Gasteiger partial charge in [0, 0.05) is 30.7 Å². The molecule has 1 aromatic rings. The molecule has 0 fully saturated rings. The Morgan fingerprint density at radius 1 is 1.25 bits per heavy atom. The van der Waals surface area contributed by atoms with Crippen LogP contribution >= 0.6 is 0 Å². The first-order valence-corrected chi connectivity index (χ1v) is 8.13. The van der Waals surface area contributed by atoms with E-state index < -0.39 is 6.03 Å². The van der Waals surface area contributed by atoms with Gasteiger partial charge in [-0.05, 0) is 33.8 Å². The van der Waals surface area contributed by atoms with E-state index in [1.807, 2.05) is 24.3 Å². The topological polar surface area (TPSA) is 91.0 Å². The summed E-state index contributed by atoms with van der Waals surface area (Å²) in [5, 5.41) is 3.88. The van der Waals surface area contributed by atoms with E-state index >= 15 is 0 Å². The van der Waals surface area contributed by atoms with Gasteiger partial charge in [0.15, 0.2) is 5.71 Å². The van der Waals surface area contributed by atoms with Crippen LogP contribution in [-0.4, -0.2) is 47.7 Å². The van der Waals surface area contributed by atoms with Gasteiger partial charge in [-0.3, -0.25) is 9.69 Å². The maximum Gasteiger partial charge on any atom is 0.332 e. The minimum atomic E-state index is -0.794. The zero-order chi connectivity index (χ0) is 17.9. The molecule has 3 N–H and O–H groups in total. The first kappa shape index (κ1) is 17.9. The molecule has 0 aliphatic carbocycles. The van der Waals surface area contributed by atoms with Crippen LogP contribution in [0.3, 0.4) is 0 Å². The summed E-state index contributed by atoms with van der Waals surface area (Å²) < 4.78 is 0. The second kappa shape index (κ2) is 7.44. The third-order valence-corrected chi connectivity index (χ3v) is 4.08. The third kappa shape index (κ3) is 3.73. The number of amides is 3. The molecule has 0 spiro atoms. The van der Waals surface area contributed by atoms with Crippen LogP contribution in [0.5, 0.6) is 0 Å². The van der Waals surface area contributed by atoms with Gasteiger partial charge < -0.3 is 10.6 Å². The summed E-state index contributed by atoms with van der Waals surface area (Å²) in [7, 11) is 0. The van der Waals surface area contributed by atoms with Crippen molar-refractivity contribution >= 4 is 23.3 Å². The van der Waals surface area contributed by atoms with E-state index in [9.17, 15) is 9.59 Å². The number of nitrogens with zero attached hydrogens (tertiary/aromatic N) is 3. The monoisotopic (exact) mass is 331 g/mol. The molecule has 0 radical (unpaired) electrons. The number of nitrogens with two attached hydrogens (primary N) is 1. The Hall–Kier alpha value is -2.41. The van der Waals surface area contributed by atoms with Gasteiger partial charge in [-0.1, -0.05) is 18.2 Å². The van der Waals surface area contributed by atoms with Crippen molar-refractivity contribution in [1.82, 2.24) is 10.3 Å². The molecule has 0 aromatic heterocycles. The maximum absolute atomic E-state index is 12.7. The van der Waals surface area contributed by atoms with Crippen LogP contribution in [0.4, 0.5) is 10.5 Å². The van der Waals surface area contributed by atoms with E-state index in [4.69, 9.17) is 5.73 Å². The summed E-state index contributed by atoms with van der Waals surface area (Å²) in [6.07, 6.45) is 0. The Kier molecular flexibility index (Phi) is 5.56. The number of fused-ring (bicyclic) bond motifs is 1. The zero-order valence-electron chi connectivity index (χ0n) is 14.6. The van der Waals surface area contributed by atoms with E-state index in [-0.39, 0.29) is 11.6 Å². The predicted octanol–water partition coefficient (Wildman–Crippen LogP) is 1.52. The average molecular weight is 331 g/mol. The van der Waals surface area contributed by atoms with Crippen LogP contribution in [-0.2, 0) is 4.79 Å². The normalized spacial score (nSPS) is 15.7. The van der Waals surface area contributed by atoms with Crippen LogP contribution in [0.25, 0.3) is 0 Å². The molecule has 7 heteroatoms. The number of carbonyl (C=O) groups excluding carboxylic acids is 2. The Morgan fingerprint density at radius 3 is 2.46 bits per heavy atom. The van der Waals surface area contributed by atoms with Gasteiger partial charge in [0.1, 0.15) is 0 Å². The SMILES string of the molecule is CC(C)N(CCN1C(=O)C(=NNC(N)=O)c2ccccc21)C(C)C. The van der Waals surface area contributed by atoms with Crippen molar-refractivity contribution in [3.05, 3.63) is 29.8 Å². The molecule has 130 valence electrons. The lowest BCUT2D eigenvalue weighted by molar-refractivity contribution is -0.112. The van der Waals surface area contributed by atoms with Crippen molar-refractivity contribution in [1.29, 1.82) is 0 Å². The molecular weight excluding hydrogens is 306 g/mol. The van der Waals surface area contributed by atoms with Gasteiger partial charge in [0.25, 0.3) is 5.91 Å². The summed E-state index contributed by atoms with van der Waals surface area (Å²) in [6, 6.07) is 7.41. The molecule has 7 nitrogen and oxygen atoms in total. The lowest BCUT2D eigenvalue weighted by Crippen LogP contribution is -2.44. The number of nitrogens with one attached hydrogen (secondary N) is 1. The molecule has 0 saturated heterocycles. The highest BCUT2D eigenvalue weighted by atomic mass is 16.2. The van der Waals surface area contributed by atoms with Crippen molar-refractivity contribution in [3.8, 4) is 0 Å². The van der Waals surface area contributed by atoms with Crippen LogP contribution in [0.2, 0.25) is 0 Å². The number of primary amides is 1. The lowest BCUT2D eigenvalue weighted by atomic mass is 10.1. The van der Waals surface area contributed by atoms with Crippen LogP contribution < -0.4 is 16.1 Å². The Labute approximate surface area is 142 Å². The van der Waals surface area contributed by atoms with E-state index in [0.717, 1.165) is 12.2 Å². The molecule has 1 heterocycles. The highest BCUT2D eigenvalue weighted by Crippen LogP contribution is 2.28. The minimum Gasteiger partial charge on any atom is -0.350 e. The minimum absolute atomic E-state index is 0.213. The number of benzene rings is 1. The number of hydrazone groups is 1. The molecule has 0 bridgehead atoms. The lowest BCUT2D eigenvalue weighted by Gasteiger charge is -2.32. The fourth-order valence-corrected chi connectivity index (χ4v) is 3.03. The van der Waals surface area contributed by atoms with Gasteiger partial charge >= 0.3 is 6.03 Å². The van der Waals surface area contributed by atoms with E-state index in [0.29, 0.717) is 24.2 Å². The molecular formula is C17H25N5O2. The number of hydrogen-bond acceptors (Lipinski definition) is 4. The summed E-state index contributed by atoms with van der Waals surface area (Å²) >= 11 is 0. The predicted molar refractivity (Wildman–Crippen MR) is 95.0 cm³/mol. The zero-order valence-corrected chi connectivity index (χ0v) is 14.6. The number of carbonyl (C=O) groups is 2. The van der Waals surface area contributed by atoms with Crippen LogP contribution in [0, 0.1) is 0 Å². The molecule has 0 saturated carbocycles. The molecule has 3 amide bonds. The summed E-state index contributed by atoms with van der Waals surface area (Å²) in [6.45, 7) is 9.88. The first-order valence-electron chi connectivity index (χ1n) is 8.13. The largest absolute Gasteiger partial charge is 0.350 e. The number of anilines is 1. The average Bonchev–Trinajstić information content (AvgIpc) is 2.77. The van der Waals surface area contributed by atoms with E-state index in [2.05, 4.69) is 43.1 Å². The molecule has 0 atom stereocenters. The summed E-state index contributed by atoms with van der Waals surface area (Å²) in [5.74, 6) is -0.225. The van der Waals surface area contributed by atoms with E-state index in [1.165, 1.54) is 0 Å². The molecule has 1 aliphatic heterocycles. The fourth-order valence-electron chi connectivity index (χ4n) is 3.03. The third-order valence-electron chi connectivity index (χ3n) is 4.08. The highest BCUT2D eigenvalue weighted by molar-refractivity contribution is 6.54. The van der Waals surface area contributed by atoms with Gasteiger partial charge in [-0.15, -0.1) is 0 Å². The smallest absolute Gasteiger partial charge is 0.332 e. The van der Waals surface area contributed by atoms with E-state index in [1.54, 1.807) is 4.90 Å². The van der Waals surface area contributed by atoms with Crippen molar-refractivity contribution in [2.45, 2.75) is 39.8 Å².